The van der Waals surface area contributed by atoms with Gasteiger partial charge >= 0.3 is 0 Å². The number of hydrogen-bond donors (Lipinski definition) is 2. The summed E-state index contributed by atoms with van der Waals surface area (Å²) in [5, 5.41) is 8.26. The minimum absolute atomic E-state index is 0.0127. The number of sulfone groups is 1. The minimum atomic E-state index is -3.21. The highest BCUT2D eigenvalue weighted by molar-refractivity contribution is 7.92. The Kier molecular flexibility index (Phi) is 5.53. The van der Waals surface area contributed by atoms with Crippen LogP contribution < -0.4 is 4.72 Å². The van der Waals surface area contributed by atoms with Crippen molar-refractivity contribution in [2.75, 3.05) is 44.3 Å². The number of sulfonamides is 1. The van der Waals surface area contributed by atoms with Crippen molar-refractivity contribution in [3.8, 4) is 0 Å². The van der Waals surface area contributed by atoms with Crippen molar-refractivity contribution in [3.63, 3.8) is 0 Å². The molecule has 1 aliphatic rings. The van der Waals surface area contributed by atoms with Crippen LogP contribution in [0.15, 0.2) is 0 Å². The molecular weight excluding hydrogens is 280 g/mol. The SMILES string of the molecule is CCS(=O)(=O)NCCN1CCS(=O)(=O)C(CO)C1. The summed E-state index contributed by atoms with van der Waals surface area (Å²) in [6.07, 6.45) is 0. The van der Waals surface area contributed by atoms with Gasteiger partial charge in [0, 0.05) is 26.2 Å². The van der Waals surface area contributed by atoms with Gasteiger partial charge < -0.3 is 5.11 Å². The lowest BCUT2D eigenvalue weighted by molar-refractivity contribution is 0.224. The Labute approximate surface area is 108 Å². The summed E-state index contributed by atoms with van der Waals surface area (Å²) in [4.78, 5) is 1.85. The first kappa shape index (κ1) is 15.8. The molecule has 1 heterocycles. The maximum absolute atomic E-state index is 11.5. The van der Waals surface area contributed by atoms with Crippen LogP contribution in [0, 0.1) is 0 Å². The highest BCUT2D eigenvalue weighted by Gasteiger charge is 2.31. The average molecular weight is 300 g/mol. The van der Waals surface area contributed by atoms with Crippen molar-refractivity contribution in [1.82, 2.24) is 9.62 Å². The summed E-state index contributed by atoms with van der Waals surface area (Å²) in [7, 11) is -6.40. The zero-order valence-corrected chi connectivity index (χ0v) is 12.0. The van der Waals surface area contributed by atoms with E-state index in [1.165, 1.54) is 0 Å². The van der Waals surface area contributed by atoms with Crippen LogP contribution in [-0.2, 0) is 19.9 Å². The third kappa shape index (κ3) is 4.47. The van der Waals surface area contributed by atoms with E-state index in [1.807, 2.05) is 4.90 Å². The van der Waals surface area contributed by atoms with E-state index in [-0.39, 0.29) is 31.2 Å². The van der Waals surface area contributed by atoms with Gasteiger partial charge in [-0.1, -0.05) is 0 Å². The summed E-state index contributed by atoms with van der Waals surface area (Å²) < 4.78 is 47.9. The molecule has 7 nitrogen and oxygen atoms in total. The standard InChI is InChI=1S/C9H20N2O5S2/c1-2-18(15,16)10-3-4-11-5-6-17(13,14)9(7-11)8-12/h9-10,12H,2-8H2,1H3. The summed E-state index contributed by atoms with van der Waals surface area (Å²) >= 11 is 0. The van der Waals surface area contributed by atoms with Gasteiger partial charge in [-0.25, -0.2) is 21.6 Å². The highest BCUT2D eigenvalue weighted by Crippen LogP contribution is 2.11. The van der Waals surface area contributed by atoms with E-state index >= 15 is 0 Å². The molecule has 0 aliphatic carbocycles. The summed E-state index contributed by atoms with van der Waals surface area (Å²) in [5.41, 5.74) is 0. The number of hydrogen-bond acceptors (Lipinski definition) is 6. The molecule has 1 rings (SSSR count). The Morgan fingerprint density at radius 2 is 2.11 bits per heavy atom. The van der Waals surface area contributed by atoms with Crippen molar-refractivity contribution in [1.29, 1.82) is 0 Å². The maximum atomic E-state index is 11.5. The van der Waals surface area contributed by atoms with Crippen molar-refractivity contribution < 1.29 is 21.9 Å². The zero-order valence-electron chi connectivity index (χ0n) is 10.4. The van der Waals surface area contributed by atoms with Crippen molar-refractivity contribution >= 4 is 19.9 Å². The fourth-order valence-electron chi connectivity index (χ4n) is 1.75. The van der Waals surface area contributed by atoms with E-state index in [0.29, 0.717) is 13.1 Å². The fourth-order valence-corrected chi connectivity index (χ4v) is 3.87. The van der Waals surface area contributed by atoms with Crippen LogP contribution >= 0.6 is 0 Å². The molecule has 0 amide bonds. The van der Waals surface area contributed by atoms with E-state index in [4.69, 9.17) is 5.11 Å². The van der Waals surface area contributed by atoms with Gasteiger partial charge in [0.2, 0.25) is 10.0 Å². The number of rotatable bonds is 6. The van der Waals surface area contributed by atoms with Gasteiger partial charge in [0.1, 0.15) is 0 Å². The molecule has 108 valence electrons. The second kappa shape index (κ2) is 6.29. The van der Waals surface area contributed by atoms with Crippen LogP contribution in [0.5, 0.6) is 0 Å². The number of nitrogens with zero attached hydrogens (tertiary/aromatic N) is 1. The quantitative estimate of drug-likeness (QED) is 0.589. The topological polar surface area (TPSA) is 104 Å². The molecule has 1 aliphatic heterocycles. The van der Waals surface area contributed by atoms with Gasteiger partial charge in [-0.3, -0.25) is 4.90 Å². The molecule has 1 fully saturated rings. The number of aliphatic hydroxyl groups excluding tert-OH is 1. The molecule has 9 heteroatoms. The molecular formula is C9H20N2O5S2. The maximum Gasteiger partial charge on any atom is 0.211 e. The summed E-state index contributed by atoms with van der Waals surface area (Å²) in [6, 6.07) is 0. The van der Waals surface area contributed by atoms with Crippen molar-refractivity contribution in [2.45, 2.75) is 12.2 Å². The molecule has 0 saturated carbocycles. The second-order valence-corrected chi connectivity index (χ2v) is 8.77. The first-order valence-corrected chi connectivity index (χ1v) is 9.19. The van der Waals surface area contributed by atoms with Crippen molar-refractivity contribution in [3.05, 3.63) is 0 Å². The largest absolute Gasteiger partial charge is 0.395 e. The van der Waals surface area contributed by atoms with Crippen LogP contribution in [0.2, 0.25) is 0 Å². The summed E-state index contributed by atoms with van der Waals surface area (Å²) in [6.45, 7) is 2.51. The fraction of sp³-hybridized carbons (Fsp3) is 1.00. The summed E-state index contributed by atoms with van der Waals surface area (Å²) in [5.74, 6) is 0.0411. The first-order valence-electron chi connectivity index (χ1n) is 5.83. The number of aliphatic hydroxyl groups is 1. The monoisotopic (exact) mass is 300 g/mol. The van der Waals surface area contributed by atoms with Gasteiger partial charge in [0.05, 0.1) is 23.4 Å². The molecule has 1 atom stereocenters. The van der Waals surface area contributed by atoms with Gasteiger partial charge in [0.15, 0.2) is 9.84 Å². The number of nitrogens with one attached hydrogen (secondary N) is 1. The van der Waals surface area contributed by atoms with Crippen LogP contribution in [-0.4, -0.2) is 76.4 Å². The minimum Gasteiger partial charge on any atom is -0.395 e. The smallest absolute Gasteiger partial charge is 0.211 e. The molecule has 0 aromatic carbocycles. The zero-order chi connectivity index (χ0) is 13.8. The lowest BCUT2D eigenvalue weighted by atomic mass is 10.3. The van der Waals surface area contributed by atoms with Crippen LogP contribution in [0.4, 0.5) is 0 Å². The molecule has 0 radical (unpaired) electrons. The van der Waals surface area contributed by atoms with Crippen LogP contribution in [0.25, 0.3) is 0 Å². The lowest BCUT2D eigenvalue weighted by Gasteiger charge is -2.31. The van der Waals surface area contributed by atoms with E-state index in [0.717, 1.165) is 0 Å². The van der Waals surface area contributed by atoms with Gasteiger partial charge in [-0.05, 0) is 6.92 Å². The van der Waals surface area contributed by atoms with Crippen LogP contribution in [0.3, 0.4) is 0 Å². The van der Waals surface area contributed by atoms with E-state index in [1.54, 1.807) is 6.92 Å². The molecule has 1 unspecified atom stereocenters. The molecule has 1 saturated heterocycles. The molecule has 0 bridgehead atoms. The van der Waals surface area contributed by atoms with E-state index in [9.17, 15) is 16.8 Å². The predicted octanol–water partition coefficient (Wildman–Crippen LogP) is -1.98. The Morgan fingerprint density at radius 1 is 1.44 bits per heavy atom. The first-order chi connectivity index (χ1) is 8.30. The van der Waals surface area contributed by atoms with Crippen molar-refractivity contribution in [2.24, 2.45) is 0 Å². The normalized spacial score (nSPS) is 25.1. The third-order valence-corrected chi connectivity index (χ3v) is 6.46. The molecule has 2 N–H and O–H groups in total. The Hall–Kier alpha value is -0.220. The third-order valence-electron chi connectivity index (χ3n) is 3.00. The van der Waals surface area contributed by atoms with Gasteiger partial charge in [0.25, 0.3) is 0 Å². The second-order valence-electron chi connectivity index (χ2n) is 4.27. The van der Waals surface area contributed by atoms with Gasteiger partial charge in [-0.15, -0.1) is 0 Å². The van der Waals surface area contributed by atoms with E-state index < -0.39 is 25.1 Å². The Bertz CT molecular complexity index is 459. The van der Waals surface area contributed by atoms with Gasteiger partial charge in [-0.2, -0.15) is 0 Å². The van der Waals surface area contributed by atoms with Crippen LogP contribution in [0.1, 0.15) is 6.92 Å². The highest BCUT2D eigenvalue weighted by atomic mass is 32.2. The molecule has 0 aromatic heterocycles. The molecule has 18 heavy (non-hydrogen) atoms. The molecule has 0 spiro atoms. The molecule has 0 aromatic rings. The lowest BCUT2D eigenvalue weighted by Crippen LogP contribution is -2.50. The Morgan fingerprint density at radius 3 is 2.67 bits per heavy atom. The Balaban J connectivity index is 2.42. The van der Waals surface area contributed by atoms with E-state index in [2.05, 4.69) is 4.72 Å². The average Bonchev–Trinajstić information content (AvgIpc) is 2.30. The predicted molar refractivity (Wildman–Crippen MR) is 68.6 cm³/mol.